The van der Waals surface area contributed by atoms with Crippen LogP contribution < -0.4 is 20.1 Å². The summed E-state index contributed by atoms with van der Waals surface area (Å²) in [6, 6.07) is 10.7. The number of hydroxylamine groups is 2. The van der Waals surface area contributed by atoms with Crippen LogP contribution in [0.2, 0.25) is 0 Å². The van der Waals surface area contributed by atoms with Gasteiger partial charge in [-0.2, -0.15) is 0 Å². The maximum atomic E-state index is 13.8. The molecule has 2 aliphatic heterocycles. The van der Waals surface area contributed by atoms with Crippen molar-refractivity contribution in [2.24, 2.45) is 0 Å². The average molecular weight is 598 g/mol. The Bertz CT molecular complexity index is 1550. The maximum absolute atomic E-state index is 13.8. The van der Waals surface area contributed by atoms with Gasteiger partial charge in [-0.3, -0.25) is 18.9 Å². The molecule has 224 valence electrons. The lowest BCUT2D eigenvalue weighted by Crippen LogP contribution is -2.32. The highest BCUT2D eigenvalue weighted by Gasteiger charge is 2.34. The third kappa shape index (κ3) is 7.09. The van der Waals surface area contributed by atoms with Gasteiger partial charge in [0.15, 0.2) is 0 Å². The molecule has 3 amide bonds. The van der Waals surface area contributed by atoms with Gasteiger partial charge in [-0.25, -0.2) is 4.79 Å². The summed E-state index contributed by atoms with van der Waals surface area (Å²) in [5.41, 5.74) is 1.40. The van der Waals surface area contributed by atoms with Gasteiger partial charge in [0.05, 0.1) is 5.31 Å². The number of benzene rings is 2. The second-order valence-electron chi connectivity index (χ2n) is 10.7. The minimum atomic E-state index is -4.00. The van der Waals surface area contributed by atoms with Crippen LogP contribution in [0.1, 0.15) is 50.5 Å². The largest absolute Gasteiger partial charge is 0.456 e. The lowest BCUT2D eigenvalue weighted by atomic mass is 10.1. The van der Waals surface area contributed by atoms with Gasteiger partial charge in [0.25, 0.3) is 11.8 Å². The fourth-order valence-electron chi connectivity index (χ4n) is 4.83. The van der Waals surface area contributed by atoms with Crippen molar-refractivity contribution in [3.8, 4) is 11.5 Å². The smallest absolute Gasteiger partial charge is 0.333 e. The summed E-state index contributed by atoms with van der Waals surface area (Å²) >= 11 is 0. The SMILES string of the molecule is C=c1ccc2c(c1)Oc1cc(N(C)C)ccc1C=2P(=O)(O)CCC(=O)N(C)CCCCCC(=O)ON1C(=O)CCC1=O. The van der Waals surface area contributed by atoms with Crippen molar-refractivity contribution in [3.63, 3.8) is 0 Å². The zero-order valence-electron chi connectivity index (χ0n) is 24.1. The first-order valence-corrected chi connectivity index (χ1v) is 15.7. The minimum Gasteiger partial charge on any atom is -0.456 e. The molecule has 1 saturated heterocycles. The lowest BCUT2D eigenvalue weighted by Gasteiger charge is -2.26. The van der Waals surface area contributed by atoms with Gasteiger partial charge in [-0.05, 0) is 42.3 Å². The van der Waals surface area contributed by atoms with E-state index in [1.165, 1.54) is 4.90 Å². The van der Waals surface area contributed by atoms with E-state index in [9.17, 15) is 28.6 Å². The summed E-state index contributed by atoms with van der Waals surface area (Å²) in [5.74, 6) is -1.04. The molecule has 42 heavy (non-hydrogen) atoms. The zero-order chi connectivity index (χ0) is 30.6. The molecule has 0 saturated carbocycles. The molecule has 0 aromatic heterocycles. The van der Waals surface area contributed by atoms with Crippen molar-refractivity contribution in [2.75, 3.05) is 38.7 Å². The number of hydrogen-bond acceptors (Lipinski definition) is 8. The Labute approximate surface area is 244 Å². The van der Waals surface area contributed by atoms with Gasteiger partial charge >= 0.3 is 5.97 Å². The third-order valence-electron chi connectivity index (χ3n) is 7.23. The fourth-order valence-corrected chi connectivity index (χ4v) is 6.67. The highest BCUT2D eigenvalue weighted by Crippen LogP contribution is 2.57. The first-order chi connectivity index (χ1) is 19.9. The second kappa shape index (κ2) is 12.9. The van der Waals surface area contributed by atoms with E-state index in [4.69, 9.17) is 9.57 Å². The van der Waals surface area contributed by atoms with Gasteiger partial charge in [0.2, 0.25) is 13.3 Å². The number of ether oxygens (including phenoxy) is 1. The molecule has 1 fully saturated rings. The number of rotatable bonds is 12. The quantitative estimate of drug-likeness (QED) is 0.223. The highest BCUT2D eigenvalue weighted by molar-refractivity contribution is 7.68. The highest BCUT2D eigenvalue weighted by atomic mass is 31.2. The maximum Gasteiger partial charge on any atom is 0.333 e. The summed E-state index contributed by atoms with van der Waals surface area (Å²) in [6.45, 7) is 4.34. The summed E-state index contributed by atoms with van der Waals surface area (Å²) in [4.78, 5) is 67.5. The van der Waals surface area contributed by atoms with E-state index >= 15 is 0 Å². The van der Waals surface area contributed by atoms with Crippen LogP contribution in [0.15, 0.2) is 36.4 Å². The molecule has 2 aromatic rings. The van der Waals surface area contributed by atoms with Crippen LogP contribution in [0.25, 0.3) is 11.9 Å². The van der Waals surface area contributed by atoms with Crippen LogP contribution in [-0.2, 0) is 28.6 Å². The Kier molecular flexibility index (Phi) is 9.53. The van der Waals surface area contributed by atoms with Gasteiger partial charge in [0, 0.05) is 82.1 Å². The molecule has 12 heteroatoms. The van der Waals surface area contributed by atoms with E-state index in [0.29, 0.717) is 58.4 Å². The molecule has 0 spiro atoms. The number of unbranched alkanes of at least 4 members (excludes halogenated alkanes) is 2. The molecule has 1 N–H and O–H groups in total. The number of amides is 3. The number of fused-ring (bicyclic) bond motifs is 2. The monoisotopic (exact) mass is 597 g/mol. The Hall–Kier alpha value is -3.95. The molecule has 4 rings (SSSR count). The van der Waals surface area contributed by atoms with Crippen LogP contribution >= 0.6 is 7.37 Å². The Morgan fingerprint density at radius 1 is 1.00 bits per heavy atom. The van der Waals surface area contributed by atoms with Gasteiger partial charge < -0.3 is 24.3 Å². The first kappa shape index (κ1) is 31.0. The van der Waals surface area contributed by atoms with Gasteiger partial charge in [0.1, 0.15) is 11.5 Å². The van der Waals surface area contributed by atoms with E-state index in [1.807, 2.05) is 31.1 Å². The van der Waals surface area contributed by atoms with Crippen LogP contribution in [-0.4, -0.2) is 72.4 Å². The Balaban J connectivity index is 1.33. The van der Waals surface area contributed by atoms with Crippen LogP contribution in [0.4, 0.5) is 5.69 Å². The zero-order valence-corrected chi connectivity index (χ0v) is 25.0. The van der Waals surface area contributed by atoms with E-state index < -0.39 is 25.2 Å². The number of carbonyl (C=O) groups excluding carboxylic acids is 4. The van der Waals surface area contributed by atoms with Crippen molar-refractivity contribution < 1.29 is 38.2 Å². The fraction of sp³-hybridized carbons (Fsp3) is 0.400. The standard InChI is InChI=1S/C30H36N3O8P/c1-20-9-11-22-24(18-20)40-25-19-21(31(2)3)10-12-23(25)30(22)42(38,39)17-15-26(34)32(4)16-7-5-6-8-29(37)41-33-27(35)13-14-28(33)36/h9-12,18-19H,1,5-8,13-17H2,2-4H3,(H,38,39). The van der Waals surface area contributed by atoms with E-state index in [0.717, 1.165) is 5.69 Å². The number of carbonyl (C=O) groups is 4. The van der Waals surface area contributed by atoms with Crippen molar-refractivity contribution >= 4 is 48.6 Å². The van der Waals surface area contributed by atoms with E-state index in [-0.39, 0.29) is 43.1 Å². The summed E-state index contributed by atoms with van der Waals surface area (Å²) in [5, 5.41) is 2.02. The van der Waals surface area contributed by atoms with Crippen LogP contribution in [0.3, 0.4) is 0 Å². The molecule has 2 aliphatic rings. The van der Waals surface area contributed by atoms with Crippen LogP contribution in [0, 0.1) is 0 Å². The molecule has 2 aromatic carbocycles. The topological polar surface area (TPSA) is 134 Å². The lowest BCUT2D eigenvalue weighted by molar-refractivity contribution is -0.197. The minimum absolute atomic E-state index is 0.0410. The average Bonchev–Trinajstić information content (AvgIpc) is 3.25. The second-order valence-corrected chi connectivity index (χ2v) is 13.0. The molecule has 11 nitrogen and oxygen atoms in total. The number of hydrogen-bond donors (Lipinski definition) is 1. The molecular weight excluding hydrogens is 561 g/mol. The molecule has 0 radical (unpaired) electrons. The van der Waals surface area contributed by atoms with Crippen molar-refractivity contribution in [2.45, 2.75) is 44.9 Å². The summed E-state index contributed by atoms with van der Waals surface area (Å²) in [7, 11) is 1.43. The number of imide groups is 1. The predicted octanol–water partition coefficient (Wildman–Crippen LogP) is 2.71. The van der Waals surface area contributed by atoms with Crippen molar-refractivity contribution in [1.29, 1.82) is 0 Å². The molecular formula is C30H36N3O8P. The molecule has 1 atom stereocenters. The number of nitrogens with zero attached hydrogens (tertiary/aromatic N) is 3. The van der Waals surface area contributed by atoms with Crippen molar-refractivity contribution in [3.05, 3.63) is 52.4 Å². The predicted molar refractivity (Wildman–Crippen MR) is 157 cm³/mol. The van der Waals surface area contributed by atoms with Gasteiger partial charge in [-0.1, -0.05) is 19.1 Å². The molecule has 0 aliphatic carbocycles. The van der Waals surface area contributed by atoms with E-state index in [2.05, 4.69) is 6.58 Å². The summed E-state index contributed by atoms with van der Waals surface area (Å²) in [6.07, 6.45) is 1.46. The van der Waals surface area contributed by atoms with Gasteiger partial charge in [-0.15, -0.1) is 5.06 Å². The normalized spacial score (nSPS) is 15.4. The molecule has 2 heterocycles. The number of anilines is 1. The van der Waals surface area contributed by atoms with Crippen LogP contribution in [0.5, 0.6) is 11.5 Å². The third-order valence-corrected chi connectivity index (χ3v) is 9.25. The Morgan fingerprint density at radius 3 is 2.40 bits per heavy atom. The summed E-state index contributed by atoms with van der Waals surface area (Å²) < 4.78 is 19.9. The molecule has 0 bridgehead atoms. The first-order valence-electron chi connectivity index (χ1n) is 13.8. The Morgan fingerprint density at radius 2 is 1.71 bits per heavy atom. The van der Waals surface area contributed by atoms with E-state index in [1.54, 1.807) is 31.3 Å². The molecule has 1 unspecified atom stereocenters. The van der Waals surface area contributed by atoms with Crippen molar-refractivity contribution in [1.82, 2.24) is 9.96 Å².